The zero-order valence-electron chi connectivity index (χ0n) is 11.1. The van der Waals surface area contributed by atoms with Crippen molar-refractivity contribution in [2.45, 2.75) is 52.4 Å². The summed E-state index contributed by atoms with van der Waals surface area (Å²) < 4.78 is 33.7. The molecule has 0 aromatic carbocycles. The second-order valence-corrected chi connectivity index (χ2v) is 7.53. The number of carbonyl (C=O) groups excluding carboxylic acids is 1. The van der Waals surface area contributed by atoms with Crippen LogP contribution in [0, 0.1) is 16.7 Å². The minimum atomic E-state index is -4.37. The smallest absolute Gasteiger partial charge is 0.140 e. The Morgan fingerprint density at radius 1 is 1.39 bits per heavy atom. The van der Waals surface area contributed by atoms with Crippen LogP contribution in [-0.4, -0.2) is 24.5 Å². The first-order valence-electron chi connectivity index (χ1n) is 6.72. The van der Waals surface area contributed by atoms with Crippen molar-refractivity contribution in [1.82, 2.24) is 0 Å². The molecule has 0 heterocycles. The van der Waals surface area contributed by atoms with Gasteiger partial charge in [0.05, 0.1) is 15.9 Å². The summed E-state index contributed by atoms with van der Waals surface area (Å²) in [5, 5.41) is 0. The monoisotopic (exact) mass is 273 g/mol. The van der Waals surface area contributed by atoms with Crippen molar-refractivity contribution in [3.8, 4) is 0 Å². The first-order valence-corrected chi connectivity index (χ1v) is 8.30. The summed E-state index contributed by atoms with van der Waals surface area (Å²) in [6.07, 6.45) is 4.66. The largest absolute Gasteiger partial charge is 0.748 e. The number of ketones is 1. The van der Waals surface area contributed by atoms with E-state index in [2.05, 4.69) is 0 Å². The molecule has 3 unspecified atom stereocenters. The van der Waals surface area contributed by atoms with Gasteiger partial charge in [0, 0.05) is 11.8 Å². The van der Waals surface area contributed by atoms with Crippen LogP contribution >= 0.6 is 0 Å². The van der Waals surface area contributed by atoms with Crippen LogP contribution in [0.3, 0.4) is 0 Å². The van der Waals surface area contributed by atoms with Crippen molar-refractivity contribution in [2.75, 3.05) is 5.75 Å². The van der Waals surface area contributed by atoms with E-state index >= 15 is 0 Å². The summed E-state index contributed by atoms with van der Waals surface area (Å²) in [4.78, 5) is 12.4. The van der Waals surface area contributed by atoms with Gasteiger partial charge in [-0.15, -0.1) is 0 Å². The lowest BCUT2D eigenvalue weighted by molar-refractivity contribution is -0.129. The molecule has 2 fully saturated rings. The highest BCUT2D eigenvalue weighted by molar-refractivity contribution is 7.85. The van der Waals surface area contributed by atoms with Crippen LogP contribution in [0.4, 0.5) is 0 Å². The number of rotatable bonds is 3. The van der Waals surface area contributed by atoms with Gasteiger partial charge in [-0.25, -0.2) is 8.42 Å². The Labute approximate surface area is 109 Å². The summed E-state index contributed by atoms with van der Waals surface area (Å²) in [6.45, 7) is 4.02. The van der Waals surface area contributed by atoms with Crippen LogP contribution < -0.4 is 0 Å². The second kappa shape index (κ2) is 4.30. The zero-order valence-corrected chi connectivity index (χ0v) is 11.9. The van der Waals surface area contributed by atoms with Crippen LogP contribution in [0.5, 0.6) is 0 Å². The fourth-order valence-electron chi connectivity index (χ4n) is 4.26. The van der Waals surface area contributed by atoms with Gasteiger partial charge in [-0.2, -0.15) is 0 Å². The van der Waals surface area contributed by atoms with Gasteiger partial charge >= 0.3 is 0 Å². The third-order valence-corrected chi connectivity index (χ3v) is 6.37. The molecule has 2 aliphatic carbocycles. The van der Waals surface area contributed by atoms with Gasteiger partial charge < -0.3 is 4.55 Å². The number of Topliss-reactive ketones (excluding diaryl/α,β-unsaturated/α-hetero) is 1. The number of hydrogen-bond donors (Lipinski definition) is 0. The van der Waals surface area contributed by atoms with E-state index in [1.165, 1.54) is 0 Å². The number of fused-ring (bicyclic) bond motifs is 2. The van der Waals surface area contributed by atoms with Crippen molar-refractivity contribution in [3.05, 3.63) is 0 Å². The molecule has 0 amide bonds. The van der Waals surface area contributed by atoms with E-state index in [-0.39, 0.29) is 17.1 Å². The van der Waals surface area contributed by atoms with Gasteiger partial charge in [-0.3, -0.25) is 4.79 Å². The molecule has 2 aliphatic rings. The highest BCUT2D eigenvalue weighted by atomic mass is 32.2. The van der Waals surface area contributed by atoms with Crippen LogP contribution in [0.15, 0.2) is 0 Å². The Kier molecular flexibility index (Phi) is 3.35. The van der Waals surface area contributed by atoms with E-state index in [0.717, 1.165) is 25.7 Å². The lowest BCUT2D eigenvalue weighted by Gasteiger charge is -2.44. The molecule has 0 N–H and O–H groups in total. The van der Waals surface area contributed by atoms with Crippen molar-refractivity contribution in [1.29, 1.82) is 0 Å². The average molecular weight is 273 g/mol. The Morgan fingerprint density at radius 2 is 2.06 bits per heavy atom. The predicted molar refractivity (Wildman–Crippen MR) is 67.0 cm³/mol. The van der Waals surface area contributed by atoms with E-state index in [9.17, 15) is 17.8 Å². The number of carbonyl (C=O) groups is 1. The normalized spacial score (nSPS) is 40.8. The minimum Gasteiger partial charge on any atom is -0.748 e. The quantitative estimate of drug-likeness (QED) is 0.738. The third kappa shape index (κ3) is 1.92. The fraction of sp³-hybridized carbons (Fsp3) is 0.923. The molecule has 0 aliphatic heterocycles. The van der Waals surface area contributed by atoms with E-state index in [0.29, 0.717) is 12.8 Å². The molecule has 4 nitrogen and oxygen atoms in total. The summed E-state index contributed by atoms with van der Waals surface area (Å²) in [5.74, 6) is -0.241. The minimum absolute atomic E-state index is 0.0102. The maximum atomic E-state index is 12.4. The summed E-state index contributed by atoms with van der Waals surface area (Å²) in [5.41, 5.74) is -1.23. The van der Waals surface area contributed by atoms with E-state index in [1.54, 1.807) is 0 Å². The van der Waals surface area contributed by atoms with Gasteiger partial charge in [-0.1, -0.05) is 26.7 Å². The molecule has 0 radical (unpaired) electrons. The first kappa shape index (κ1) is 14.0. The Hall–Kier alpha value is -0.420. The molecular formula is C13H21O4S-. The molecule has 2 rings (SSSR count). The van der Waals surface area contributed by atoms with E-state index < -0.39 is 21.3 Å². The summed E-state index contributed by atoms with van der Waals surface area (Å²) in [7, 11) is -4.37. The third-order valence-electron chi connectivity index (χ3n) is 5.52. The highest BCUT2D eigenvalue weighted by Crippen LogP contribution is 2.61. The van der Waals surface area contributed by atoms with Crippen molar-refractivity contribution >= 4 is 15.9 Å². The van der Waals surface area contributed by atoms with Gasteiger partial charge in [-0.05, 0) is 30.6 Å². The van der Waals surface area contributed by atoms with E-state index in [1.807, 2.05) is 13.8 Å². The lowest BCUT2D eigenvalue weighted by atomic mass is 9.61. The molecule has 2 bridgehead atoms. The van der Waals surface area contributed by atoms with Crippen molar-refractivity contribution in [2.24, 2.45) is 16.7 Å². The molecular weight excluding hydrogens is 252 g/mol. The SMILES string of the molecule is CCC1(C)C2CCCCC1(CS(=O)(=O)[O-])C(=O)C2. The topological polar surface area (TPSA) is 74.3 Å². The molecule has 0 aromatic rings. The molecule has 0 aromatic heterocycles. The van der Waals surface area contributed by atoms with Gasteiger partial charge in [0.1, 0.15) is 5.78 Å². The lowest BCUT2D eigenvalue weighted by Crippen LogP contribution is -2.46. The molecule has 104 valence electrons. The molecule has 2 saturated carbocycles. The average Bonchev–Trinajstić information content (AvgIpc) is 2.37. The van der Waals surface area contributed by atoms with E-state index in [4.69, 9.17) is 0 Å². The fourth-order valence-corrected chi connectivity index (χ4v) is 5.50. The molecule has 5 heteroatoms. The molecule has 0 spiro atoms. The summed E-state index contributed by atoms with van der Waals surface area (Å²) in [6, 6.07) is 0. The predicted octanol–water partition coefficient (Wildman–Crippen LogP) is 2.10. The second-order valence-electron chi connectivity index (χ2n) is 6.13. The number of hydrogen-bond acceptors (Lipinski definition) is 4. The zero-order chi connectivity index (χ0) is 13.6. The molecule has 18 heavy (non-hydrogen) atoms. The van der Waals surface area contributed by atoms with Gasteiger partial charge in [0.2, 0.25) is 0 Å². The standard InChI is InChI=1S/C13H22O4S/c1-3-12(2)10-6-4-5-7-13(12,11(14)8-10)9-18(15,16)17/h10H,3-9H2,1-2H3,(H,15,16,17)/p-1. The van der Waals surface area contributed by atoms with Crippen LogP contribution in [0.25, 0.3) is 0 Å². The Bertz CT molecular complexity index is 456. The van der Waals surface area contributed by atoms with Crippen molar-refractivity contribution in [3.63, 3.8) is 0 Å². The molecule has 3 atom stereocenters. The maximum absolute atomic E-state index is 12.4. The summed E-state index contributed by atoms with van der Waals surface area (Å²) >= 11 is 0. The van der Waals surface area contributed by atoms with Crippen LogP contribution in [0.2, 0.25) is 0 Å². The van der Waals surface area contributed by atoms with Crippen LogP contribution in [-0.2, 0) is 14.9 Å². The van der Waals surface area contributed by atoms with Crippen LogP contribution in [0.1, 0.15) is 52.4 Å². The Balaban J connectivity index is 2.52. The Morgan fingerprint density at radius 3 is 2.61 bits per heavy atom. The van der Waals surface area contributed by atoms with Crippen molar-refractivity contribution < 1.29 is 17.8 Å². The van der Waals surface area contributed by atoms with Gasteiger partial charge in [0.25, 0.3) is 0 Å². The van der Waals surface area contributed by atoms with Gasteiger partial charge in [0.15, 0.2) is 0 Å². The maximum Gasteiger partial charge on any atom is 0.140 e. The first-order chi connectivity index (χ1) is 8.25. The highest BCUT2D eigenvalue weighted by Gasteiger charge is 2.62. The molecule has 0 saturated heterocycles.